The molecule has 132 valence electrons. The third kappa shape index (κ3) is 3.58. The van der Waals surface area contributed by atoms with Gasteiger partial charge in [0.1, 0.15) is 11.3 Å². The maximum atomic E-state index is 5.77. The Morgan fingerprint density at radius 2 is 2.16 bits per heavy atom. The molecule has 0 fully saturated rings. The van der Waals surface area contributed by atoms with Crippen LogP contribution in [0.15, 0.2) is 28.7 Å². The molecule has 0 amide bonds. The molecule has 0 unspecified atom stereocenters. The molecule has 1 aromatic carbocycles. The fraction of sp³-hybridized carbons (Fsp3) is 0.526. The molecule has 1 N–H and O–H groups in total. The fourth-order valence-electron chi connectivity index (χ4n) is 3.31. The largest absolute Gasteiger partial charge is 0.441 e. The number of oxazole rings is 1. The number of nitrogens with zero attached hydrogens (tertiary/aromatic N) is 4. The summed E-state index contributed by atoms with van der Waals surface area (Å²) in [6.07, 6.45) is 4.01. The van der Waals surface area contributed by atoms with Crippen molar-refractivity contribution >= 4 is 11.1 Å². The molecule has 3 heterocycles. The smallest absolute Gasteiger partial charge is 0.195 e. The predicted octanol–water partition coefficient (Wildman–Crippen LogP) is 3.08. The Balaban J connectivity index is 1.26. The van der Waals surface area contributed by atoms with Gasteiger partial charge in [-0.2, -0.15) is 5.10 Å². The zero-order chi connectivity index (χ0) is 17.2. The van der Waals surface area contributed by atoms with E-state index in [1.165, 1.54) is 0 Å². The van der Waals surface area contributed by atoms with E-state index < -0.39 is 0 Å². The number of hydrogen-bond donors (Lipinski definition) is 1. The van der Waals surface area contributed by atoms with Gasteiger partial charge in [0, 0.05) is 24.8 Å². The summed E-state index contributed by atoms with van der Waals surface area (Å²) in [5.74, 6) is 3.31. The number of benzene rings is 1. The van der Waals surface area contributed by atoms with E-state index in [0.29, 0.717) is 12.0 Å². The van der Waals surface area contributed by atoms with Gasteiger partial charge in [-0.15, -0.1) is 0 Å². The lowest BCUT2D eigenvalue weighted by Crippen LogP contribution is -2.38. The van der Waals surface area contributed by atoms with Crippen LogP contribution in [0.1, 0.15) is 50.1 Å². The predicted molar refractivity (Wildman–Crippen MR) is 96.6 cm³/mol. The summed E-state index contributed by atoms with van der Waals surface area (Å²) in [6, 6.07) is 8.39. The SMILES string of the molecule is CC(C)c1nc2n(n1)C[C@H](NCCCc1nc3ccccc3o1)CC2. The number of aryl methyl sites for hydroxylation is 2. The van der Waals surface area contributed by atoms with E-state index in [1.54, 1.807) is 0 Å². The standard InChI is InChI=1S/C19H25N5O/c1-13(2)19-22-17-10-9-14(12-24(17)23-19)20-11-5-8-18-21-15-6-3-4-7-16(15)25-18/h3-4,6-7,13-14,20H,5,8-12H2,1-2H3/t14-/m1/s1. The number of aromatic nitrogens is 4. The van der Waals surface area contributed by atoms with E-state index in [-0.39, 0.29) is 0 Å². The van der Waals surface area contributed by atoms with E-state index in [0.717, 1.165) is 67.4 Å². The van der Waals surface area contributed by atoms with Crippen LogP contribution in [0.3, 0.4) is 0 Å². The highest BCUT2D eigenvalue weighted by Crippen LogP contribution is 2.18. The molecule has 0 saturated carbocycles. The second-order valence-corrected chi connectivity index (χ2v) is 7.09. The quantitative estimate of drug-likeness (QED) is 0.699. The summed E-state index contributed by atoms with van der Waals surface area (Å²) in [5, 5.41) is 8.29. The minimum Gasteiger partial charge on any atom is -0.441 e. The van der Waals surface area contributed by atoms with Crippen LogP contribution >= 0.6 is 0 Å². The highest BCUT2D eigenvalue weighted by molar-refractivity contribution is 5.72. The number of para-hydroxylation sites is 2. The van der Waals surface area contributed by atoms with Crippen molar-refractivity contribution in [3.05, 3.63) is 41.8 Å². The van der Waals surface area contributed by atoms with Crippen molar-refractivity contribution in [2.45, 2.75) is 58.0 Å². The molecule has 0 spiro atoms. The van der Waals surface area contributed by atoms with Crippen LogP contribution in [0.4, 0.5) is 0 Å². The van der Waals surface area contributed by atoms with Crippen molar-refractivity contribution < 1.29 is 4.42 Å². The number of hydrogen-bond acceptors (Lipinski definition) is 5. The molecule has 3 aromatic rings. The molecule has 6 heteroatoms. The fourth-order valence-corrected chi connectivity index (χ4v) is 3.31. The summed E-state index contributed by atoms with van der Waals surface area (Å²) < 4.78 is 7.85. The van der Waals surface area contributed by atoms with Gasteiger partial charge in [-0.25, -0.2) is 14.6 Å². The lowest BCUT2D eigenvalue weighted by molar-refractivity contribution is 0.355. The van der Waals surface area contributed by atoms with Crippen LogP contribution in [0, 0.1) is 0 Å². The van der Waals surface area contributed by atoms with Crippen LogP contribution in [0.2, 0.25) is 0 Å². The molecule has 6 nitrogen and oxygen atoms in total. The summed E-state index contributed by atoms with van der Waals surface area (Å²) in [7, 11) is 0. The maximum Gasteiger partial charge on any atom is 0.195 e. The summed E-state index contributed by atoms with van der Waals surface area (Å²) >= 11 is 0. The van der Waals surface area contributed by atoms with Crippen molar-refractivity contribution in [2.24, 2.45) is 0 Å². The Morgan fingerprint density at radius 1 is 1.28 bits per heavy atom. The van der Waals surface area contributed by atoms with Crippen LogP contribution in [-0.2, 0) is 19.4 Å². The van der Waals surface area contributed by atoms with Crippen LogP contribution in [0.5, 0.6) is 0 Å². The van der Waals surface area contributed by atoms with Gasteiger partial charge in [-0.05, 0) is 31.5 Å². The Morgan fingerprint density at radius 3 is 3.00 bits per heavy atom. The van der Waals surface area contributed by atoms with Crippen LogP contribution in [-0.4, -0.2) is 32.3 Å². The number of rotatable bonds is 6. The topological polar surface area (TPSA) is 68.8 Å². The molecule has 2 aromatic heterocycles. The van der Waals surface area contributed by atoms with Gasteiger partial charge in [-0.3, -0.25) is 0 Å². The third-order valence-electron chi connectivity index (χ3n) is 4.73. The van der Waals surface area contributed by atoms with E-state index in [9.17, 15) is 0 Å². The average molecular weight is 339 g/mol. The molecule has 1 aliphatic rings. The van der Waals surface area contributed by atoms with Gasteiger partial charge in [0.25, 0.3) is 0 Å². The van der Waals surface area contributed by atoms with Gasteiger partial charge in [0.2, 0.25) is 0 Å². The van der Waals surface area contributed by atoms with E-state index in [4.69, 9.17) is 4.42 Å². The molecule has 0 bridgehead atoms. The Bertz CT molecular complexity index is 817. The van der Waals surface area contributed by atoms with Crippen molar-refractivity contribution in [3.63, 3.8) is 0 Å². The zero-order valence-corrected chi connectivity index (χ0v) is 14.9. The second kappa shape index (κ2) is 6.96. The van der Waals surface area contributed by atoms with Crippen molar-refractivity contribution in [3.8, 4) is 0 Å². The van der Waals surface area contributed by atoms with Crippen LogP contribution < -0.4 is 5.32 Å². The van der Waals surface area contributed by atoms with Gasteiger partial charge in [-0.1, -0.05) is 26.0 Å². The van der Waals surface area contributed by atoms with Gasteiger partial charge >= 0.3 is 0 Å². The van der Waals surface area contributed by atoms with Crippen molar-refractivity contribution in [1.82, 2.24) is 25.1 Å². The van der Waals surface area contributed by atoms with Gasteiger partial charge in [0.05, 0.1) is 6.54 Å². The minimum absolute atomic E-state index is 0.390. The first-order valence-electron chi connectivity index (χ1n) is 9.20. The van der Waals surface area contributed by atoms with E-state index in [2.05, 4.69) is 38.9 Å². The lowest BCUT2D eigenvalue weighted by Gasteiger charge is -2.23. The summed E-state index contributed by atoms with van der Waals surface area (Å²) in [6.45, 7) is 6.16. The first-order valence-corrected chi connectivity index (χ1v) is 9.20. The average Bonchev–Trinajstić information content (AvgIpc) is 3.21. The molecule has 0 aliphatic carbocycles. The lowest BCUT2D eigenvalue weighted by atomic mass is 10.1. The molecular formula is C19H25N5O. The Hall–Kier alpha value is -2.21. The molecule has 25 heavy (non-hydrogen) atoms. The molecular weight excluding hydrogens is 314 g/mol. The summed E-state index contributed by atoms with van der Waals surface area (Å²) in [4.78, 5) is 9.17. The summed E-state index contributed by atoms with van der Waals surface area (Å²) in [5.41, 5.74) is 1.81. The van der Waals surface area contributed by atoms with E-state index in [1.807, 2.05) is 24.3 Å². The molecule has 4 rings (SSSR count). The zero-order valence-electron chi connectivity index (χ0n) is 14.9. The number of nitrogens with one attached hydrogen (secondary N) is 1. The molecule has 0 saturated heterocycles. The normalized spacial score (nSPS) is 17.3. The van der Waals surface area contributed by atoms with Gasteiger partial charge < -0.3 is 9.73 Å². The Labute approximate surface area is 147 Å². The minimum atomic E-state index is 0.390. The monoisotopic (exact) mass is 339 g/mol. The second-order valence-electron chi connectivity index (χ2n) is 7.09. The van der Waals surface area contributed by atoms with Crippen molar-refractivity contribution in [1.29, 1.82) is 0 Å². The van der Waals surface area contributed by atoms with Gasteiger partial charge in [0.15, 0.2) is 17.3 Å². The maximum absolute atomic E-state index is 5.77. The highest BCUT2D eigenvalue weighted by Gasteiger charge is 2.21. The number of fused-ring (bicyclic) bond motifs is 2. The molecule has 1 atom stereocenters. The third-order valence-corrected chi connectivity index (χ3v) is 4.73. The first-order chi connectivity index (χ1) is 12.2. The first kappa shape index (κ1) is 16.3. The molecule has 1 aliphatic heterocycles. The van der Waals surface area contributed by atoms with Crippen LogP contribution in [0.25, 0.3) is 11.1 Å². The highest BCUT2D eigenvalue weighted by atomic mass is 16.3. The van der Waals surface area contributed by atoms with Crippen molar-refractivity contribution in [2.75, 3.05) is 6.54 Å². The molecule has 0 radical (unpaired) electrons. The Kier molecular flexibility index (Phi) is 4.53. The van der Waals surface area contributed by atoms with E-state index >= 15 is 0 Å².